The van der Waals surface area contributed by atoms with Crippen LogP contribution in [-0.4, -0.2) is 24.7 Å². The summed E-state index contributed by atoms with van der Waals surface area (Å²) < 4.78 is 14.5. The summed E-state index contributed by atoms with van der Waals surface area (Å²) in [5.41, 5.74) is 14.5. The van der Waals surface area contributed by atoms with Gasteiger partial charge in [0.15, 0.2) is 11.5 Å². The molecular formula is C34H34BN3O2. The number of aromatic nitrogens is 1. The highest BCUT2D eigenvalue weighted by Crippen LogP contribution is 2.32. The summed E-state index contributed by atoms with van der Waals surface area (Å²) in [5, 5.41) is 0. The van der Waals surface area contributed by atoms with Crippen molar-refractivity contribution in [3.05, 3.63) is 143 Å². The molecule has 0 radical (unpaired) electrons. The molecule has 5 nitrogen and oxygen atoms in total. The summed E-state index contributed by atoms with van der Waals surface area (Å²) in [7, 11) is 2.05. The number of rotatable bonds is 11. The molecule has 1 aromatic heterocycles. The summed E-state index contributed by atoms with van der Waals surface area (Å²) in [6.45, 7) is 3.61. The first kappa shape index (κ1) is 27.0. The maximum absolute atomic E-state index is 6.25. The van der Waals surface area contributed by atoms with E-state index in [9.17, 15) is 0 Å². The van der Waals surface area contributed by atoms with Gasteiger partial charge in [-0.25, -0.2) is 4.99 Å². The Kier molecular flexibility index (Phi) is 8.79. The van der Waals surface area contributed by atoms with E-state index in [2.05, 4.69) is 74.1 Å². The lowest BCUT2D eigenvalue weighted by Gasteiger charge is -2.14. The minimum absolute atomic E-state index is 0.460. The van der Waals surface area contributed by atoms with Gasteiger partial charge in [0.2, 0.25) is 7.98 Å². The predicted molar refractivity (Wildman–Crippen MR) is 167 cm³/mol. The van der Waals surface area contributed by atoms with Gasteiger partial charge < -0.3 is 19.7 Å². The van der Waals surface area contributed by atoms with Gasteiger partial charge in [0.1, 0.15) is 13.2 Å². The Morgan fingerprint density at radius 3 is 2.15 bits per heavy atom. The average molecular weight is 527 g/mol. The van der Waals surface area contributed by atoms with Gasteiger partial charge in [-0.1, -0.05) is 72.8 Å². The van der Waals surface area contributed by atoms with Crippen molar-refractivity contribution in [1.29, 1.82) is 0 Å². The van der Waals surface area contributed by atoms with Crippen LogP contribution < -0.4 is 15.2 Å². The third-order valence-electron chi connectivity index (χ3n) is 6.80. The van der Waals surface area contributed by atoms with Crippen molar-refractivity contribution >= 4 is 25.3 Å². The van der Waals surface area contributed by atoms with Gasteiger partial charge in [0.05, 0.1) is 11.4 Å². The first-order valence-electron chi connectivity index (χ1n) is 13.6. The summed E-state index contributed by atoms with van der Waals surface area (Å²) >= 11 is 0. The Bertz CT molecular complexity index is 1570. The van der Waals surface area contributed by atoms with Crippen LogP contribution in [0.25, 0.3) is 11.6 Å². The summed E-state index contributed by atoms with van der Waals surface area (Å²) in [6, 6.07) is 30.5. The van der Waals surface area contributed by atoms with Crippen molar-refractivity contribution in [2.75, 3.05) is 6.54 Å². The van der Waals surface area contributed by atoms with Crippen molar-refractivity contribution < 1.29 is 9.47 Å². The van der Waals surface area contributed by atoms with E-state index in [0.29, 0.717) is 31.3 Å². The number of benzene rings is 3. The maximum Gasteiger partial charge on any atom is 0.223 e. The van der Waals surface area contributed by atoms with Crippen molar-refractivity contribution in [1.82, 2.24) is 4.48 Å². The molecule has 0 spiro atoms. The normalized spacial score (nSPS) is 14.2. The highest BCUT2D eigenvalue weighted by atomic mass is 16.5. The minimum atomic E-state index is 0.460. The molecule has 1 aliphatic rings. The summed E-state index contributed by atoms with van der Waals surface area (Å²) in [5.74, 6) is 1.42. The smallest absolute Gasteiger partial charge is 0.223 e. The number of nitrogens with zero attached hydrogens (tertiary/aromatic N) is 2. The van der Waals surface area contributed by atoms with Crippen LogP contribution in [0.1, 0.15) is 35.7 Å². The highest BCUT2D eigenvalue weighted by molar-refractivity contribution is 6.11. The Balaban J connectivity index is 1.38. The quantitative estimate of drug-likeness (QED) is 0.236. The molecule has 0 bridgehead atoms. The third kappa shape index (κ3) is 6.71. The van der Waals surface area contributed by atoms with Gasteiger partial charge in [-0.15, -0.1) is 0 Å². The molecule has 5 rings (SSSR count). The first-order valence-corrected chi connectivity index (χ1v) is 13.6. The van der Waals surface area contributed by atoms with Crippen LogP contribution in [0.3, 0.4) is 0 Å². The number of hydrogen-bond acceptors (Lipinski definition) is 4. The zero-order valence-corrected chi connectivity index (χ0v) is 23.1. The molecule has 0 unspecified atom stereocenters. The molecule has 40 heavy (non-hydrogen) atoms. The number of ether oxygens (including phenoxy) is 2. The number of nitrogens with two attached hydrogens (primary N) is 1. The van der Waals surface area contributed by atoms with E-state index in [-0.39, 0.29) is 0 Å². The third-order valence-corrected chi connectivity index (χ3v) is 6.80. The van der Waals surface area contributed by atoms with Crippen LogP contribution in [-0.2, 0) is 13.2 Å². The monoisotopic (exact) mass is 527 g/mol. The van der Waals surface area contributed by atoms with E-state index >= 15 is 0 Å². The van der Waals surface area contributed by atoms with Crippen LogP contribution in [0, 0.1) is 0 Å². The lowest BCUT2D eigenvalue weighted by molar-refractivity contribution is 0.256. The zero-order chi connectivity index (χ0) is 27.7. The standard InChI is InChI=1S/C34H34BN3O2/c1-25-21-29(37-34(25)30(18-19-36)31-13-8-20-38(31)35)16-14-26-15-17-32(39-23-27-9-4-2-5-10-27)33(22-26)40-24-28-11-6-3-7-12-28/h2-17,20-22H,18-19,23-24,35-36H2,1H3/b16-14+,34-30-. The fourth-order valence-electron chi connectivity index (χ4n) is 4.73. The van der Waals surface area contributed by atoms with E-state index in [0.717, 1.165) is 45.8 Å². The van der Waals surface area contributed by atoms with E-state index in [1.54, 1.807) is 0 Å². The summed E-state index contributed by atoms with van der Waals surface area (Å²) in [4.78, 5) is 4.97. The number of hydrogen-bond donors (Lipinski definition) is 1. The zero-order valence-electron chi connectivity index (χ0n) is 23.1. The predicted octanol–water partition coefficient (Wildman–Crippen LogP) is 6.22. The van der Waals surface area contributed by atoms with Crippen LogP contribution >= 0.6 is 0 Å². The Morgan fingerprint density at radius 1 is 0.850 bits per heavy atom. The molecule has 0 amide bonds. The molecule has 1 aliphatic heterocycles. The molecule has 3 aromatic carbocycles. The second kappa shape index (κ2) is 13.0. The molecule has 0 atom stereocenters. The fraction of sp³-hybridized carbons (Fsp3) is 0.147. The lowest BCUT2D eigenvalue weighted by Crippen LogP contribution is -2.05. The average Bonchev–Trinajstić information content (AvgIpc) is 3.58. The van der Waals surface area contributed by atoms with Crippen LogP contribution in [0.2, 0.25) is 0 Å². The molecule has 2 N–H and O–H groups in total. The van der Waals surface area contributed by atoms with Gasteiger partial charge in [0.25, 0.3) is 0 Å². The maximum atomic E-state index is 6.25. The van der Waals surface area contributed by atoms with Crippen molar-refractivity contribution in [3.63, 3.8) is 0 Å². The van der Waals surface area contributed by atoms with Crippen molar-refractivity contribution in [2.24, 2.45) is 10.7 Å². The highest BCUT2D eigenvalue weighted by Gasteiger charge is 2.17. The molecular weight excluding hydrogens is 493 g/mol. The molecule has 0 fully saturated rings. The van der Waals surface area contributed by atoms with Crippen LogP contribution in [0.5, 0.6) is 11.5 Å². The van der Waals surface area contributed by atoms with Gasteiger partial charge in [-0.3, -0.25) is 0 Å². The Hall–Kier alpha value is -4.55. The molecule has 0 aliphatic carbocycles. The van der Waals surface area contributed by atoms with E-state index in [4.69, 9.17) is 20.2 Å². The number of allylic oxidation sites excluding steroid dienone is 3. The second-order valence-electron chi connectivity index (χ2n) is 9.82. The molecule has 4 aromatic rings. The van der Waals surface area contributed by atoms with Gasteiger partial charge >= 0.3 is 0 Å². The van der Waals surface area contributed by atoms with E-state index in [1.165, 1.54) is 5.57 Å². The van der Waals surface area contributed by atoms with Gasteiger partial charge in [-0.05, 0) is 84.8 Å². The van der Waals surface area contributed by atoms with Crippen LogP contribution in [0.4, 0.5) is 0 Å². The second-order valence-corrected chi connectivity index (χ2v) is 9.82. The minimum Gasteiger partial charge on any atom is -0.485 e. The van der Waals surface area contributed by atoms with Gasteiger partial charge in [-0.2, -0.15) is 0 Å². The van der Waals surface area contributed by atoms with E-state index < -0.39 is 0 Å². The lowest BCUT2D eigenvalue weighted by atomic mass is 10.0. The molecule has 2 heterocycles. The van der Waals surface area contributed by atoms with Gasteiger partial charge in [0, 0.05) is 11.3 Å². The molecule has 0 saturated heterocycles. The summed E-state index contributed by atoms with van der Waals surface area (Å²) in [6.07, 6.45) is 9.05. The molecule has 6 heteroatoms. The molecule has 200 valence electrons. The first-order chi connectivity index (χ1) is 19.6. The fourth-order valence-corrected chi connectivity index (χ4v) is 4.73. The SMILES string of the molecule is Bn1cccc1/C(CCN)=C1N=C(/C=C/c2ccc(OCc3ccccc3)c(OCc3ccccc3)c2)C=C\1C. The number of aliphatic imine (C=N–C) groups is 1. The molecule has 0 saturated carbocycles. The Morgan fingerprint density at radius 2 is 1.52 bits per heavy atom. The van der Waals surface area contributed by atoms with Crippen LogP contribution in [0.15, 0.2) is 126 Å². The topological polar surface area (TPSA) is 61.8 Å². The Labute approximate surface area is 237 Å². The van der Waals surface area contributed by atoms with Crippen molar-refractivity contribution in [2.45, 2.75) is 26.6 Å². The largest absolute Gasteiger partial charge is 0.485 e. The van der Waals surface area contributed by atoms with E-state index in [1.807, 2.05) is 60.7 Å². The van der Waals surface area contributed by atoms with Crippen molar-refractivity contribution in [3.8, 4) is 11.5 Å².